The third-order valence-electron chi connectivity index (χ3n) is 4.56. The van der Waals surface area contributed by atoms with Crippen molar-refractivity contribution in [3.05, 3.63) is 59.2 Å². The van der Waals surface area contributed by atoms with Gasteiger partial charge in [-0.2, -0.15) is 0 Å². The zero-order chi connectivity index (χ0) is 17.8. The zero-order valence-electron chi connectivity index (χ0n) is 14.6. The van der Waals surface area contributed by atoms with Gasteiger partial charge in [-0.15, -0.1) is 0 Å². The highest BCUT2D eigenvalue weighted by Gasteiger charge is 2.18. The number of carbonyl (C=O) groups excluding carboxylic acids is 2. The average molecular weight is 337 g/mol. The van der Waals surface area contributed by atoms with Gasteiger partial charge in [-0.3, -0.25) is 9.59 Å². The summed E-state index contributed by atoms with van der Waals surface area (Å²) in [6.45, 7) is 3.32. The molecule has 0 radical (unpaired) electrons. The lowest BCUT2D eigenvalue weighted by atomic mass is 10.1. The highest BCUT2D eigenvalue weighted by Crippen LogP contribution is 2.28. The van der Waals surface area contributed by atoms with Crippen molar-refractivity contribution in [2.45, 2.75) is 19.8 Å². The molecule has 0 aromatic heterocycles. The Morgan fingerprint density at radius 2 is 2.04 bits per heavy atom. The van der Waals surface area contributed by atoms with Crippen molar-refractivity contribution in [1.29, 1.82) is 0 Å². The number of carbonyl (C=O) groups is 2. The molecule has 1 heterocycles. The summed E-state index contributed by atoms with van der Waals surface area (Å²) < 4.78 is 0. The van der Waals surface area contributed by atoms with E-state index in [-0.39, 0.29) is 11.8 Å². The summed E-state index contributed by atoms with van der Waals surface area (Å²) >= 11 is 0. The number of hydrogen-bond acceptors (Lipinski definition) is 3. The fourth-order valence-electron chi connectivity index (χ4n) is 3.02. The van der Waals surface area contributed by atoms with Crippen LogP contribution in [0.25, 0.3) is 0 Å². The number of benzene rings is 2. The topological polar surface area (TPSA) is 61.4 Å². The standard InChI is InChI=1S/C20H23N3O2/c1-14-5-3-4-6-15(14)9-11-21-20(25)16-7-8-18-17(13-16)22-19(24)10-12-23(18)2/h3-8,13H,9-12H2,1-2H3,(H,21,25)(H,22,24). The molecule has 0 atom stereocenters. The summed E-state index contributed by atoms with van der Waals surface area (Å²) in [5, 5.41) is 5.83. The fraction of sp³-hybridized carbons (Fsp3) is 0.300. The molecule has 5 heteroatoms. The molecular weight excluding hydrogens is 314 g/mol. The van der Waals surface area contributed by atoms with Crippen molar-refractivity contribution in [3.63, 3.8) is 0 Å². The van der Waals surface area contributed by atoms with Crippen LogP contribution in [0.2, 0.25) is 0 Å². The second-order valence-electron chi connectivity index (χ2n) is 6.38. The fourth-order valence-corrected chi connectivity index (χ4v) is 3.02. The van der Waals surface area contributed by atoms with E-state index in [1.165, 1.54) is 11.1 Å². The van der Waals surface area contributed by atoms with Crippen molar-refractivity contribution in [2.24, 2.45) is 0 Å². The summed E-state index contributed by atoms with van der Waals surface area (Å²) in [6, 6.07) is 13.6. The molecule has 0 spiro atoms. The zero-order valence-corrected chi connectivity index (χ0v) is 14.6. The van der Waals surface area contributed by atoms with Crippen molar-refractivity contribution < 1.29 is 9.59 Å². The number of amides is 2. The van der Waals surface area contributed by atoms with Gasteiger partial charge in [-0.05, 0) is 42.7 Å². The number of fused-ring (bicyclic) bond motifs is 1. The van der Waals surface area contributed by atoms with Crippen LogP contribution in [0.3, 0.4) is 0 Å². The Morgan fingerprint density at radius 1 is 1.24 bits per heavy atom. The first-order valence-electron chi connectivity index (χ1n) is 8.52. The molecule has 0 bridgehead atoms. The molecule has 2 amide bonds. The number of anilines is 2. The molecule has 0 fully saturated rings. The van der Waals surface area contributed by atoms with E-state index in [4.69, 9.17) is 0 Å². The Labute approximate surface area is 148 Å². The summed E-state index contributed by atoms with van der Waals surface area (Å²) in [7, 11) is 1.95. The summed E-state index contributed by atoms with van der Waals surface area (Å²) in [4.78, 5) is 26.2. The molecule has 1 aliphatic heterocycles. The third-order valence-corrected chi connectivity index (χ3v) is 4.56. The summed E-state index contributed by atoms with van der Waals surface area (Å²) in [5.74, 6) is -0.153. The molecule has 2 aromatic carbocycles. The Balaban J connectivity index is 1.66. The Hall–Kier alpha value is -2.82. The minimum atomic E-state index is -0.127. The van der Waals surface area contributed by atoms with Crippen LogP contribution in [0.15, 0.2) is 42.5 Å². The number of rotatable bonds is 4. The van der Waals surface area contributed by atoms with Gasteiger partial charge in [-0.25, -0.2) is 0 Å². The molecule has 2 aromatic rings. The van der Waals surface area contributed by atoms with Crippen molar-refractivity contribution in [2.75, 3.05) is 30.4 Å². The molecule has 2 N–H and O–H groups in total. The first-order valence-corrected chi connectivity index (χ1v) is 8.52. The molecule has 1 aliphatic rings. The Morgan fingerprint density at radius 3 is 2.84 bits per heavy atom. The molecule has 0 saturated carbocycles. The van der Waals surface area contributed by atoms with Gasteiger partial charge in [-0.1, -0.05) is 24.3 Å². The van der Waals surface area contributed by atoms with Gasteiger partial charge in [0.15, 0.2) is 0 Å². The predicted octanol–water partition coefficient (Wildman–Crippen LogP) is 2.75. The van der Waals surface area contributed by atoms with Crippen LogP contribution >= 0.6 is 0 Å². The third kappa shape index (κ3) is 3.99. The molecule has 130 valence electrons. The van der Waals surface area contributed by atoms with Crippen molar-refractivity contribution >= 4 is 23.2 Å². The molecule has 0 saturated heterocycles. The smallest absolute Gasteiger partial charge is 0.251 e. The van der Waals surface area contributed by atoms with E-state index in [1.807, 2.05) is 30.1 Å². The minimum absolute atomic E-state index is 0.0253. The van der Waals surface area contributed by atoms with Gasteiger partial charge < -0.3 is 15.5 Å². The summed E-state index contributed by atoms with van der Waals surface area (Å²) in [5.41, 5.74) is 4.64. The van der Waals surface area contributed by atoms with E-state index in [0.717, 1.165) is 12.1 Å². The average Bonchev–Trinajstić information content (AvgIpc) is 2.74. The quantitative estimate of drug-likeness (QED) is 0.902. The maximum atomic E-state index is 12.4. The van der Waals surface area contributed by atoms with Crippen molar-refractivity contribution in [1.82, 2.24) is 5.32 Å². The number of nitrogens with zero attached hydrogens (tertiary/aromatic N) is 1. The summed E-state index contributed by atoms with van der Waals surface area (Å²) in [6.07, 6.45) is 1.24. The molecule has 3 rings (SSSR count). The Bertz CT molecular complexity index is 801. The lowest BCUT2D eigenvalue weighted by molar-refractivity contribution is -0.115. The van der Waals surface area contributed by atoms with E-state index in [0.29, 0.717) is 30.8 Å². The van der Waals surface area contributed by atoms with Gasteiger partial charge in [0, 0.05) is 32.1 Å². The molecule has 0 aliphatic carbocycles. The SMILES string of the molecule is Cc1ccccc1CCNC(=O)c1ccc2c(c1)NC(=O)CCN2C. The van der Waals surface area contributed by atoms with Gasteiger partial charge in [0.1, 0.15) is 0 Å². The molecule has 0 unspecified atom stereocenters. The minimum Gasteiger partial charge on any atom is -0.372 e. The number of aryl methyl sites for hydroxylation is 1. The van der Waals surface area contributed by atoms with Crippen LogP contribution in [0, 0.1) is 6.92 Å². The monoisotopic (exact) mass is 337 g/mol. The van der Waals surface area contributed by atoms with Gasteiger partial charge in [0.25, 0.3) is 5.91 Å². The van der Waals surface area contributed by atoms with E-state index in [1.54, 1.807) is 12.1 Å². The first-order chi connectivity index (χ1) is 12.0. The van der Waals surface area contributed by atoms with Crippen molar-refractivity contribution in [3.8, 4) is 0 Å². The van der Waals surface area contributed by atoms with E-state index >= 15 is 0 Å². The van der Waals surface area contributed by atoms with Gasteiger partial charge in [0.2, 0.25) is 5.91 Å². The van der Waals surface area contributed by atoms with E-state index in [9.17, 15) is 9.59 Å². The largest absolute Gasteiger partial charge is 0.372 e. The highest BCUT2D eigenvalue weighted by molar-refractivity contribution is 6.00. The lowest BCUT2D eigenvalue weighted by Crippen LogP contribution is -2.26. The second kappa shape index (κ2) is 7.38. The maximum absolute atomic E-state index is 12.4. The molecular formula is C20H23N3O2. The lowest BCUT2D eigenvalue weighted by Gasteiger charge is -2.18. The molecule has 25 heavy (non-hydrogen) atoms. The van der Waals surface area contributed by atoms with Crippen LogP contribution in [-0.2, 0) is 11.2 Å². The molecule has 5 nitrogen and oxygen atoms in total. The first kappa shape index (κ1) is 17.0. The van der Waals surface area contributed by atoms with E-state index in [2.05, 4.69) is 29.7 Å². The van der Waals surface area contributed by atoms with Crippen LogP contribution < -0.4 is 15.5 Å². The van der Waals surface area contributed by atoms with Gasteiger partial charge >= 0.3 is 0 Å². The Kier molecular flexibility index (Phi) is 5.03. The van der Waals surface area contributed by atoms with Crippen LogP contribution in [0.4, 0.5) is 11.4 Å². The van der Waals surface area contributed by atoms with Gasteiger partial charge in [0.05, 0.1) is 11.4 Å². The maximum Gasteiger partial charge on any atom is 0.251 e. The second-order valence-corrected chi connectivity index (χ2v) is 6.38. The number of hydrogen-bond donors (Lipinski definition) is 2. The number of nitrogens with one attached hydrogen (secondary N) is 2. The van der Waals surface area contributed by atoms with Crippen LogP contribution in [-0.4, -0.2) is 32.0 Å². The highest BCUT2D eigenvalue weighted by atomic mass is 16.2. The normalized spacial score (nSPS) is 13.7. The van der Waals surface area contributed by atoms with Crippen LogP contribution in [0.5, 0.6) is 0 Å². The predicted molar refractivity (Wildman–Crippen MR) is 100 cm³/mol. The van der Waals surface area contributed by atoms with Crippen LogP contribution in [0.1, 0.15) is 27.9 Å². The van der Waals surface area contributed by atoms with E-state index < -0.39 is 0 Å².